The molecule has 0 unspecified atom stereocenters. The van der Waals surface area contributed by atoms with Gasteiger partial charge in [-0.3, -0.25) is 4.79 Å². The fourth-order valence-electron chi connectivity index (χ4n) is 2.75. The Labute approximate surface area is 99.4 Å². The van der Waals surface area contributed by atoms with Crippen molar-refractivity contribution in [2.75, 3.05) is 19.6 Å². The van der Waals surface area contributed by atoms with Gasteiger partial charge in [-0.25, -0.2) is 0 Å². The van der Waals surface area contributed by atoms with Crippen LogP contribution in [0.15, 0.2) is 0 Å². The minimum atomic E-state index is 0.130. The van der Waals surface area contributed by atoms with Crippen molar-refractivity contribution in [3.05, 3.63) is 0 Å². The van der Waals surface area contributed by atoms with E-state index in [9.17, 15) is 4.79 Å². The van der Waals surface area contributed by atoms with Crippen molar-refractivity contribution in [1.29, 1.82) is 0 Å². The van der Waals surface area contributed by atoms with E-state index in [0.717, 1.165) is 13.0 Å². The van der Waals surface area contributed by atoms with Gasteiger partial charge < -0.3 is 10.6 Å². The summed E-state index contributed by atoms with van der Waals surface area (Å²) in [6.45, 7) is 12.9. The lowest BCUT2D eigenvalue weighted by Gasteiger charge is -2.22. The summed E-state index contributed by atoms with van der Waals surface area (Å²) in [4.78, 5) is 14.3. The molecule has 0 bridgehead atoms. The first kappa shape index (κ1) is 13.5. The minimum Gasteiger partial charge on any atom is -0.341 e. The Kier molecular flexibility index (Phi) is 3.68. The summed E-state index contributed by atoms with van der Waals surface area (Å²) in [5.74, 6) is 0.459. The third kappa shape index (κ3) is 1.97. The largest absolute Gasteiger partial charge is 0.341 e. The molecule has 1 saturated carbocycles. The minimum absolute atomic E-state index is 0.130. The number of carbonyl (C=O) groups is 1. The van der Waals surface area contributed by atoms with Crippen LogP contribution >= 0.6 is 0 Å². The van der Waals surface area contributed by atoms with Crippen LogP contribution in [0.2, 0.25) is 0 Å². The number of hydrogen-bond acceptors (Lipinski definition) is 2. The summed E-state index contributed by atoms with van der Waals surface area (Å²) >= 11 is 0. The van der Waals surface area contributed by atoms with Crippen molar-refractivity contribution in [3.63, 3.8) is 0 Å². The molecule has 1 amide bonds. The van der Waals surface area contributed by atoms with Gasteiger partial charge in [-0.05, 0) is 17.3 Å². The Morgan fingerprint density at radius 1 is 1.19 bits per heavy atom. The van der Waals surface area contributed by atoms with Crippen molar-refractivity contribution in [2.45, 2.75) is 41.0 Å². The highest BCUT2D eigenvalue weighted by atomic mass is 16.2. The molecular weight excluding hydrogens is 200 g/mol. The molecule has 0 saturated heterocycles. The first-order valence-electron chi connectivity index (χ1n) is 6.29. The zero-order chi connectivity index (χ0) is 12.6. The molecule has 3 heteroatoms. The molecule has 94 valence electrons. The quantitative estimate of drug-likeness (QED) is 0.778. The second-order valence-corrected chi connectivity index (χ2v) is 5.99. The molecule has 0 aromatic rings. The van der Waals surface area contributed by atoms with Crippen LogP contribution < -0.4 is 5.73 Å². The highest BCUT2D eigenvalue weighted by molar-refractivity contribution is 5.84. The van der Waals surface area contributed by atoms with Gasteiger partial charge in [0.05, 0.1) is 0 Å². The van der Waals surface area contributed by atoms with Gasteiger partial charge in [-0.1, -0.05) is 34.6 Å². The highest BCUT2D eigenvalue weighted by Gasteiger charge is 2.68. The summed E-state index contributed by atoms with van der Waals surface area (Å²) in [5, 5.41) is 0. The molecule has 0 aromatic carbocycles. The summed E-state index contributed by atoms with van der Waals surface area (Å²) in [7, 11) is 0. The number of amides is 1. The first-order chi connectivity index (χ1) is 7.30. The monoisotopic (exact) mass is 226 g/mol. The SMILES string of the molecule is CCCN(CCN)C(=O)C1C(C)(C)C1(C)C. The second kappa shape index (κ2) is 4.36. The highest BCUT2D eigenvalue weighted by Crippen LogP contribution is 2.68. The Morgan fingerprint density at radius 2 is 1.69 bits per heavy atom. The zero-order valence-corrected chi connectivity index (χ0v) is 11.3. The number of carbonyl (C=O) groups excluding carboxylic acids is 1. The predicted molar refractivity (Wildman–Crippen MR) is 67.0 cm³/mol. The number of nitrogens with two attached hydrogens (primary N) is 1. The van der Waals surface area contributed by atoms with Crippen LogP contribution in [0, 0.1) is 16.7 Å². The third-order valence-electron chi connectivity index (χ3n) is 4.47. The van der Waals surface area contributed by atoms with E-state index in [2.05, 4.69) is 34.6 Å². The summed E-state index contributed by atoms with van der Waals surface area (Å²) in [6, 6.07) is 0. The van der Waals surface area contributed by atoms with Crippen LogP contribution in [-0.2, 0) is 4.79 Å². The average Bonchev–Trinajstić information content (AvgIpc) is 2.56. The Morgan fingerprint density at radius 3 is 2.00 bits per heavy atom. The molecular formula is C13H26N2O. The van der Waals surface area contributed by atoms with E-state index in [4.69, 9.17) is 5.73 Å². The maximum Gasteiger partial charge on any atom is 0.226 e. The molecule has 2 N–H and O–H groups in total. The molecule has 0 spiro atoms. The van der Waals surface area contributed by atoms with E-state index in [1.807, 2.05) is 4.90 Å². The third-order valence-corrected chi connectivity index (χ3v) is 4.47. The number of nitrogens with zero attached hydrogens (tertiary/aromatic N) is 1. The van der Waals surface area contributed by atoms with Gasteiger partial charge in [0.1, 0.15) is 0 Å². The zero-order valence-electron chi connectivity index (χ0n) is 11.3. The smallest absolute Gasteiger partial charge is 0.226 e. The Balaban J connectivity index is 2.70. The molecule has 0 radical (unpaired) electrons. The molecule has 0 aliphatic heterocycles. The molecule has 1 fully saturated rings. The maximum absolute atomic E-state index is 12.4. The van der Waals surface area contributed by atoms with Crippen LogP contribution in [0.4, 0.5) is 0 Å². The van der Waals surface area contributed by atoms with Crippen LogP contribution in [-0.4, -0.2) is 30.4 Å². The van der Waals surface area contributed by atoms with Gasteiger partial charge in [0.25, 0.3) is 0 Å². The number of rotatable bonds is 5. The normalized spacial score (nSPS) is 21.9. The van der Waals surface area contributed by atoms with Gasteiger partial charge in [0.2, 0.25) is 5.91 Å². The Bertz CT molecular complexity index is 251. The standard InChI is InChI=1S/C13H26N2O/c1-6-8-15(9-7-14)11(16)10-12(2,3)13(10,4)5/h10H,6-9,14H2,1-5H3. The fourth-order valence-corrected chi connectivity index (χ4v) is 2.75. The van der Waals surface area contributed by atoms with E-state index in [0.29, 0.717) is 19.0 Å². The van der Waals surface area contributed by atoms with Crippen LogP contribution in [0.25, 0.3) is 0 Å². The lowest BCUT2D eigenvalue weighted by molar-refractivity contribution is -0.133. The van der Waals surface area contributed by atoms with E-state index in [1.54, 1.807) is 0 Å². The van der Waals surface area contributed by atoms with Gasteiger partial charge in [-0.15, -0.1) is 0 Å². The molecule has 1 rings (SSSR count). The fraction of sp³-hybridized carbons (Fsp3) is 0.923. The molecule has 0 heterocycles. The van der Waals surface area contributed by atoms with E-state index >= 15 is 0 Å². The molecule has 0 aromatic heterocycles. The van der Waals surface area contributed by atoms with Crippen LogP contribution in [0.3, 0.4) is 0 Å². The molecule has 0 atom stereocenters. The molecule has 16 heavy (non-hydrogen) atoms. The van der Waals surface area contributed by atoms with Gasteiger partial charge in [0.15, 0.2) is 0 Å². The lowest BCUT2D eigenvalue weighted by atomic mass is 10.0. The first-order valence-corrected chi connectivity index (χ1v) is 6.29. The molecule has 3 nitrogen and oxygen atoms in total. The van der Waals surface area contributed by atoms with E-state index < -0.39 is 0 Å². The molecule has 1 aliphatic carbocycles. The van der Waals surface area contributed by atoms with Crippen LogP contribution in [0.1, 0.15) is 41.0 Å². The van der Waals surface area contributed by atoms with Crippen molar-refractivity contribution in [2.24, 2.45) is 22.5 Å². The van der Waals surface area contributed by atoms with Crippen molar-refractivity contribution in [1.82, 2.24) is 4.90 Å². The summed E-state index contributed by atoms with van der Waals surface area (Å²) < 4.78 is 0. The van der Waals surface area contributed by atoms with Crippen molar-refractivity contribution in [3.8, 4) is 0 Å². The molecule has 1 aliphatic rings. The predicted octanol–water partition coefficient (Wildman–Crippen LogP) is 1.87. The lowest BCUT2D eigenvalue weighted by Crippen LogP contribution is -2.38. The Hall–Kier alpha value is -0.570. The summed E-state index contributed by atoms with van der Waals surface area (Å²) in [5.41, 5.74) is 5.82. The van der Waals surface area contributed by atoms with E-state index in [1.165, 1.54) is 0 Å². The number of hydrogen-bond donors (Lipinski definition) is 1. The van der Waals surface area contributed by atoms with Crippen LogP contribution in [0.5, 0.6) is 0 Å². The van der Waals surface area contributed by atoms with Gasteiger partial charge in [-0.2, -0.15) is 0 Å². The van der Waals surface area contributed by atoms with E-state index in [-0.39, 0.29) is 16.7 Å². The second-order valence-electron chi connectivity index (χ2n) is 5.99. The topological polar surface area (TPSA) is 46.3 Å². The van der Waals surface area contributed by atoms with Gasteiger partial charge >= 0.3 is 0 Å². The van der Waals surface area contributed by atoms with Crippen molar-refractivity contribution < 1.29 is 4.79 Å². The van der Waals surface area contributed by atoms with Gasteiger partial charge in [0, 0.05) is 25.6 Å². The average molecular weight is 226 g/mol. The summed E-state index contributed by atoms with van der Waals surface area (Å²) in [6.07, 6.45) is 0.999. The maximum atomic E-state index is 12.4. The van der Waals surface area contributed by atoms with Crippen molar-refractivity contribution >= 4 is 5.91 Å².